The molecule has 0 N–H and O–H groups in total. The van der Waals surface area contributed by atoms with Gasteiger partial charge in [-0.05, 0) is 48.1 Å². The molecule has 1 unspecified atom stereocenters. The molecule has 0 amide bonds. The van der Waals surface area contributed by atoms with E-state index in [4.69, 9.17) is 0 Å². The number of halogens is 1. The van der Waals surface area contributed by atoms with Crippen molar-refractivity contribution in [1.29, 1.82) is 0 Å². The van der Waals surface area contributed by atoms with Gasteiger partial charge in [0.2, 0.25) is 0 Å². The van der Waals surface area contributed by atoms with Crippen molar-refractivity contribution in [2.24, 2.45) is 0 Å². The van der Waals surface area contributed by atoms with E-state index in [1.165, 1.54) is 3.57 Å². The van der Waals surface area contributed by atoms with E-state index in [0.717, 1.165) is 24.0 Å². The van der Waals surface area contributed by atoms with Crippen LogP contribution in [0.15, 0.2) is 30.5 Å². The number of aldehydes is 1. The largest absolute Gasteiger partial charge is 0.298 e. The third-order valence-electron chi connectivity index (χ3n) is 3.05. The van der Waals surface area contributed by atoms with Crippen LogP contribution < -0.4 is 0 Å². The molecule has 18 heavy (non-hydrogen) atoms. The van der Waals surface area contributed by atoms with Crippen LogP contribution in [0.5, 0.6) is 0 Å². The molecule has 0 aliphatic carbocycles. The maximum Gasteiger partial charge on any atom is 0.153 e. The number of nitrogens with zero attached hydrogens (tertiary/aromatic N) is 2. The second kappa shape index (κ2) is 5.65. The minimum absolute atomic E-state index is 0.307. The van der Waals surface area contributed by atoms with E-state index in [0.29, 0.717) is 11.6 Å². The van der Waals surface area contributed by atoms with Gasteiger partial charge in [0.25, 0.3) is 0 Å². The van der Waals surface area contributed by atoms with Gasteiger partial charge in [-0.2, -0.15) is 5.10 Å². The lowest BCUT2D eigenvalue weighted by atomic mass is 10.1. The molecule has 1 aromatic carbocycles. The fraction of sp³-hybridized carbons (Fsp3) is 0.286. The maximum atomic E-state index is 11.1. The van der Waals surface area contributed by atoms with Crippen molar-refractivity contribution in [1.82, 2.24) is 9.78 Å². The van der Waals surface area contributed by atoms with Crippen LogP contribution in [-0.2, 0) is 0 Å². The molecule has 1 atom stereocenters. The van der Waals surface area contributed by atoms with Gasteiger partial charge < -0.3 is 0 Å². The van der Waals surface area contributed by atoms with Crippen LogP contribution in [0.25, 0.3) is 11.3 Å². The van der Waals surface area contributed by atoms with Crippen molar-refractivity contribution < 1.29 is 4.79 Å². The Kier molecular flexibility index (Phi) is 4.16. The normalized spacial score (nSPS) is 12.4. The van der Waals surface area contributed by atoms with Crippen molar-refractivity contribution in [3.8, 4) is 11.3 Å². The molecule has 0 aliphatic rings. The van der Waals surface area contributed by atoms with Gasteiger partial charge in [0.15, 0.2) is 6.29 Å². The summed E-state index contributed by atoms with van der Waals surface area (Å²) in [5, 5.41) is 4.53. The van der Waals surface area contributed by atoms with Crippen LogP contribution in [0, 0.1) is 3.57 Å². The maximum absolute atomic E-state index is 11.1. The summed E-state index contributed by atoms with van der Waals surface area (Å²) in [5.74, 6) is 0. The molecule has 1 heterocycles. The first-order chi connectivity index (χ1) is 8.65. The Bertz CT molecular complexity index is 545. The molecule has 0 radical (unpaired) electrons. The monoisotopic (exact) mass is 354 g/mol. The van der Waals surface area contributed by atoms with Crippen LogP contribution in [0.4, 0.5) is 0 Å². The lowest BCUT2D eigenvalue weighted by molar-refractivity contribution is 0.112. The van der Waals surface area contributed by atoms with Crippen molar-refractivity contribution >= 4 is 28.9 Å². The van der Waals surface area contributed by atoms with Gasteiger partial charge in [0, 0.05) is 21.4 Å². The molecule has 0 aliphatic heterocycles. The predicted octanol–water partition coefficient (Wildman–Crippen LogP) is 3.94. The van der Waals surface area contributed by atoms with Crippen molar-refractivity contribution in [3.05, 3.63) is 39.6 Å². The number of carbonyl (C=O) groups excluding carboxylic acids is 1. The van der Waals surface area contributed by atoms with Gasteiger partial charge in [-0.15, -0.1) is 0 Å². The lowest BCUT2D eigenvalue weighted by Gasteiger charge is -2.07. The third kappa shape index (κ3) is 2.63. The fourth-order valence-electron chi connectivity index (χ4n) is 1.74. The molecule has 0 saturated heterocycles. The van der Waals surface area contributed by atoms with Crippen LogP contribution in [0.3, 0.4) is 0 Å². The van der Waals surface area contributed by atoms with Crippen molar-refractivity contribution in [2.45, 2.75) is 26.3 Å². The minimum Gasteiger partial charge on any atom is -0.298 e. The van der Waals surface area contributed by atoms with E-state index in [1.807, 2.05) is 35.1 Å². The highest BCUT2D eigenvalue weighted by Gasteiger charge is 2.12. The number of hydrogen-bond acceptors (Lipinski definition) is 2. The molecular weight excluding hydrogens is 339 g/mol. The summed E-state index contributed by atoms with van der Waals surface area (Å²) >= 11 is 2.26. The predicted molar refractivity (Wildman–Crippen MR) is 80.8 cm³/mol. The van der Waals surface area contributed by atoms with Gasteiger partial charge in [-0.25, -0.2) is 0 Å². The molecule has 0 fully saturated rings. The van der Waals surface area contributed by atoms with E-state index in [1.54, 1.807) is 0 Å². The summed E-state index contributed by atoms with van der Waals surface area (Å²) in [4.78, 5) is 11.1. The molecular formula is C14H15IN2O. The molecule has 0 bridgehead atoms. The molecule has 0 spiro atoms. The van der Waals surface area contributed by atoms with Gasteiger partial charge in [-0.3, -0.25) is 9.48 Å². The number of rotatable bonds is 4. The Hall–Kier alpha value is -1.17. The van der Waals surface area contributed by atoms with Gasteiger partial charge >= 0.3 is 0 Å². The number of benzene rings is 1. The van der Waals surface area contributed by atoms with Crippen molar-refractivity contribution in [2.75, 3.05) is 0 Å². The molecule has 2 rings (SSSR count). The molecule has 4 heteroatoms. The van der Waals surface area contributed by atoms with Gasteiger partial charge in [0.1, 0.15) is 5.69 Å². The van der Waals surface area contributed by atoms with E-state index < -0.39 is 0 Å². The third-order valence-corrected chi connectivity index (χ3v) is 3.77. The van der Waals surface area contributed by atoms with Gasteiger partial charge in [0.05, 0.1) is 5.56 Å². The quantitative estimate of drug-likeness (QED) is 0.616. The Morgan fingerprint density at radius 2 is 2.06 bits per heavy atom. The number of hydrogen-bond donors (Lipinski definition) is 0. The first-order valence-electron chi connectivity index (χ1n) is 5.96. The fourth-order valence-corrected chi connectivity index (χ4v) is 2.10. The number of aromatic nitrogens is 2. The summed E-state index contributed by atoms with van der Waals surface area (Å²) in [6.45, 7) is 4.21. The van der Waals surface area contributed by atoms with Crippen LogP contribution in [-0.4, -0.2) is 16.1 Å². The van der Waals surface area contributed by atoms with E-state index in [9.17, 15) is 4.79 Å². The lowest BCUT2D eigenvalue weighted by Crippen LogP contribution is -2.04. The van der Waals surface area contributed by atoms with E-state index in [2.05, 4.69) is 41.5 Å². The topological polar surface area (TPSA) is 34.9 Å². The Morgan fingerprint density at radius 3 is 2.61 bits per heavy atom. The Morgan fingerprint density at radius 1 is 1.39 bits per heavy atom. The number of carbonyl (C=O) groups is 1. The highest BCUT2D eigenvalue weighted by atomic mass is 127. The zero-order valence-electron chi connectivity index (χ0n) is 10.4. The zero-order chi connectivity index (χ0) is 13.1. The summed E-state index contributed by atoms with van der Waals surface area (Å²) in [6.07, 6.45) is 3.69. The SMILES string of the molecule is CCC(C)n1cc(C=O)c(-c2ccc(I)cc2)n1. The molecule has 2 aromatic rings. The minimum atomic E-state index is 0.307. The molecule has 3 nitrogen and oxygen atoms in total. The summed E-state index contributed by atoms with van der Waals surface area (Å²) < 4.78 is 3.04. The van der Waals surface area contributed by atoms with Crippen LogP contribution >= 0.6 is 22.6 Å². The highest BCUT2D eigenvalue weighted by Crippen LogP contribution is 2.23. The molecule has 0 saturated carbocycles. The first-order valence-corrected chi connectivity index (χ1v) is 7.03. The highest BCUT2D eigenvalue weighted by molar-refractivity contribution is 14.1. The van der Waals surface area contributed by atoms with Crippen LogP contribution in [0.2, 0.25) is 0 Å². The average molecular weight is 354 g/mol. The second-order valence-corrected chi connectivity index (χ2v) is 5.54. The Balaban J connectivity index is 2.46. The van der Waals surface area contributed by atoms with E-state index >= 15 is 0 Å². The first kappa shape index (κ1) is 13.3. The summed E-state index contributed by atoms with van der Waals surface area (Å²) in [6, 6.07) is 8.34. The van der Waals surface area contributed by atoms with E-state index in [-0.39, 0.29) is 0 Å². The van der Waals surface area contributed by atoms with Crippen LogP contribution in [0.1, 0.15) is 36.7 Å². The molecule has 1 aromatic heterocycles. The summed E-state index contributed by atoms with van der Waals surface area (Å²) in [5.41, 5.74) is 2.40. The standard InChI is InChI=1S/C14H15IN2O/c1-3-10(2)17-8-12(9-18)14(16-17)11-4-6-13(15)7-5-11/h4-10H,3H2,1-2H3. The summed E-state index contributed by atoms with van der Waals surface area (Å²) in [7, 11) is 0. The zero-order valence-corrected chi connectivity index (χ0v) is 12.6. The Labute approximate surface area is 120 Å². The second-order valence-electron chi connectivity index (χ2n) is 4.30. The van der Waals surface area contributed by atoms with Gasteiger partial charge in [-0.1, -0.05) is 19.1 Å². The smallest absolute Gasteiger partial charge is 0.153 e. The van der Waals surface area contributed by atoms with Crippen molar-refractivity contribution in [3.63, 3.8) is 0 Å². The molecule has 94 valence electrons. The average Bonchev–Trinajstić information content (AvgIpc) is 2.83.